The van der Waals surface area contributed by atoms with Gasteiger partial charge in [0, 0.05) is 0 Å². The first-order valence-corrected chi connectivity index (χ1v) is 7.44. The standard InChI is InChI=1S/C17H26FN/c1-11-5-6-14(10-19-4)15(8-11)17-13(3)7-12(2)9-16(17)18/h7,9,11,14-15,19H,5-6,8,10H2,1-4H3. The lowest BCUT2D eigenvalue weighted by Crippen LogP contribution is -2.30. The first-order chi connectivity index (χ1) is 9.02. The summed E-state index contributed by atoms with van der Waals surface area (Å²) in [7, 11) is 1.99. The van der Waals surface area contributed by atoms with Gasteiger partial charge in [-0.05, 0) is 80.8 Å². The SMILES string of the molecule is CNCC1CCC(C)CC1c1c(C)cc(C)cc1F. The van der Waals surface area contributed by atoms with E-state index in [1.165, 1.54) is 12.8 Å². The van der Waals surface area contributed by atoms with Crippen molar-refractivity contribution in [3.8, 4) is 0 Å². The molecule has 0 aliphatic heterocycles. The number of nitrogens with one attached hydrogen (secondary N) is 1. The molecule has 1 nitrogen and oxygen atoms in total. The molecule has 1 saturated carbocycles. The van der Waals surface area contributed by atoms with E-state index in [-0.39, 0.29) is 5.82 Å². The maximum atomic E-state index is 14.4. The topological polar surface area (TPSA) is 12.0 Å². The third-order valence-corrected chi connectivity index (χ3v) is 4.57. The summed E-state index contributed by atoms with van der Waals surface area (Å²) in [5.41, 5.74) is 3.11. The fourth-order valence-electron chi connectivity index (χ4n) is 3.70. The maximum absolute atomic E-state index is 14.4. The highest BCUT2D eigenvalue weighted by molar-refractivity contribution is 5.35. The van der Waals surface area contributed by atoms with Crippen LogP contribution in [-0.2, 0) is 0 Å². The third kappa shape index (κ3) is 3.17. The van der Waals surface area contributed by atoms with Crippen LogP contribution >= 0.6 is 0 Å². The molecule has 1 aromatic carbocycles. The highest BCUT2D eigenvalue weighted by Crippen LogP contribution is 2.42. The number of hydrogen-bond acceptors (Lipinski definition) is 1. The minimum atomic E-state index is -0.00213. The second kappa shape index (κ2) is 6.04. The zero-order valence-electron chi connectivity index (χ0n) is 12.6. The van der Waals surface area contributed by atoms with Crippen molar-refractivity contribution < 1.29 is 4.39 Å². The van der Waals surface area contributed by atoms with Crippen molar-refractivity contribution in [2.24, 2.45) is 11.8 Å². The van der Waals surface area contributed by atoms with Gasteiger partial charge in [0.15, 0.2) is 0 Å². The fraction of sp³-hybridized carbons (Fsp3) is 0.647. The van der Waals surface area contributed by atoms with Gasteiger partial charge in [-0.1, -0.05) is 19.4 Å². The molecule has 3 atom stereocenters. The molecule has 0 radical (unpaired) electrons. The smallest absolute Gasteiger partial charge is 0.127 e. The molecule has 3 unspecified atom stereocenters. The van der Waals surface area contributed by atoms with Crippen LogP contribution in [0, 0.1) is 31.5 Å². The number of benzene rings is 1. The summed E-state index contributed by atoms with van der Waals surface area (Å²) in [6.45, 7) is 7.31. The van der Waals surface area contributed by atoms with E-state index in [0.29, 0.717) is 17.8 Å². The second-order valence-electron chi connectivity index (χ2n) is 6.32. The fourth-order valence-corrected chi connectivity index (χ4v) is 3.70. The molecule has 0 aromatic heterocycles. The van der Waals surface area contributed by atoms with Gasteiger partial charge in [-0.25, -0.2) is 4.39 Å². The van der Waals surface area contributed by atoms with Crippen LogP contribution in [0.4, 0.5) is 4.39 Å². The van der Waals surface area contributed by atoms with Crippen LogP contribution in [0.1, 0.15) is 48.8 Å². The largest absolute Gasteiger partial charge is 0.319 e. The van der Waals surface area contributed by atoms with Crippen LogP contribution in [0.3, 0.4) is 0 Å². The van der Waals surface area contributed by atoms with Crippen LogP contribution in [0.15, 0.2) is 12.1 Å². The summed E-state index contributed by atoms with van der Waals surface area (Å²) in [5, 5.41) is 3.28. The Hall–Kier alpha value is -0.890. The zero-order valence-corrected chi connectivity index (χ0v) is 12.6. The molecule has 2 rings (SSSR count). The van der Waals surface area contributed by atoms with Gasteiger partial charge >= 0.3 is 0 Å². The summed E-state index contributed by atoms with van der Waals surface area (Å²) in [4.78, 5) is 0. The summed E-state index contributed by atoms with van der Waals surface area (Å²) in [5.74, 6) is 1.64. The van der Waals surface area contributed by atoms with Crippen LogP contribution in [0.5, 0.6) is 0 Å². The van der Waals surface area contributed by atoms with Gasteiger partial charge in [0.2, 0.25) is 0 Å². The lowest BCUT2D eigenvalue weighted by molar-refractivity contribution is 0.240. The molecular weight excluding hydrogens is 237 g/mol. The molecule has 0 amide bonds. The quantitative estimate of drug-likeness (QED) is 0.862. The number of rotatable bonds is 3. The van der Waals surface area contributed by atoms with Gasteiger partial charge in [-0.2, -0.15) is 0 Å². The molecule has 0 bridgehead atoms. The summed E-state index contributed by atoms with van der Waals surface area (Å²) in [6.07, 6.45) is 3.60. The summed E-state index contributed by atoms with van der Waals surface area (Å²) in [6, 6.07) is 3.81. The monoisotopic (exact) mass is 263 g/mol. The van der Waals surface area contributed by atoms with E-state index in [9.17, 15) is 4.39 Å². The average molecular weight is 263 g/mol. The molecule has 1 aliphatic carbocycles. The normalized spacial score (nSPS) is 27.5. The Labute approximate surface area is 116 Å². The minimum absolute atomic E-state index is 0.00213. The van der Waals surface area contributed by atoms with Gasteiger partial charge in [-0.15, -0.1) is 0 Å². The molecular formula is C17H26FN. The molecule has 2 heteroatoms. The average Bonchev–Trinajstić information content (AvgIpc) is 2.31. The number of aryl methyl sites for hydroxylation is 2. The number of halogens is 1. The zero-order chi connectivity index (χ0) is 14.0. The van der Waals surface area contributed by atoms with Crippen molar-refractivity contribution in [2.75, 3.05) is 13.6 Å². The highest BCUT2D eigenvalue weighted by Gasteiger charge is 2.32. The predicted molar refractivity (Wildman–Crippen MR) is 79.0 cm³/mol. The van der Waals surface area contributed by atoms with Crippen LogP contribution in [0.25, 0.3) is 0 Å². The Balaban J connectivity index is 2.36. The van der Waals surface area contributed by atoms with Gasteiger partial charge in [-0.3, -0.25) is 0 Å². The predicted octanol–water partition coefficient (Wildman–Crippen LogP) is 4.18. The number of hydrogen-bond donors (Lipinski definition) is 1. The van der Waals surface area contributed by atoms with Crippen LogP contribution in [-0.4, -0.2) is 13.6 Å². The summed E-state index contributed by atoms with van der Waals surface area (Å²) >= 11 is 0. The third-order valence-electron chi connectivity index (χ3n) is 4.57. The van der Waals surface area contributed by atoms with E-state index in [4.69, 9.17) is 0 Å². The van der Waals surface area contributed by atoms with E-state index in [1.807, 2.05) is 14.0 Å². The van der Waals surface area contributed by atoms with Crippen molar-refractivity contribution >= 4 is 0 Å². The molecule has 19 heavy (non-hydrogen) atoms. The molecule has 0 spiro atoms. The lowest BCUT2D eigenvalue weighted by atomic mass is 9.70. The first kappa shape index (κ1) is 14.5. The van der Waals surface area contributed by atoms with E-state index >= 15 is 0 Å². The lowest BCUT2D eigenvalue weighted by Gasteiger charge is -2.36. The minimum Gasteiger partial charge on any atom is -0.319 e. The molecule has 1 aromatic rings. The van der Waals surface area contributed by atoms with Crippen molar-refractivity contribution in [3.63, 3.8) is 0 Å². The Bertz CT molecular complexity index is 418. The van der Waals surface area contributed by atoms with E-state index < -0.39 is 0 Å². The van der Waals surface area contributed by atoms with Crippen molar-refractivity contribution in [1.29, 1.82) is 0 Å². The first-order valence-electron chi connectivity index (χ1n) is 7.44. The molecule has 106 valence electrons. The van der Waals surface area contributed by atoms with Gasteiger partial charge in [0.05, 0.1) is 0 Å². The van der Waals surface area contributed by atoms with Crippen LogP contribution < -0.4 is 5.32 Å². The summed E-state index contributed by atoms with van der Waals surface area (Å²) < 4.78 is 14.4. The van der Waals surface area contributed by atoms with Gasteiger partial charge in [0.1, 0.15) is 5.82 Å². The Morgan fingerprint density at radius 1 is 1.26 bits per heavy atom. The second-order valence-corrected chi connectivity index (χ2v) is 6.32. The van der Waals surface area contributed by atoms with Crippen molar-refractivity contribution in [3.05, 3.63) is 34.6 Å². The molecule has 0 saturated heterocycles. The highest BCUT2D eigenvalue weighted by atomic mass is 19.1. The van der Waals surface area contributed by atoms with Crippen molar-refractivity contribution in [2.45, 2.75) is 46.0 Å². The van der Waals surface area contributed by atoms with Gasteiger partial charge < -0.3 is 5.32 Å². The molecule has 1 N–H and O–H groups in total. The van der Waals surface area contributed by atoms with Gasteiger partial charge in [0.25, 0.3) is 0 Å². The van der Waals surface area contributed by atoms with E-state index in [2.05, 4.69) is 25.2 Å². The van der Waals surface area contributed by atoms with Crippen LogP contribution in [0.2, 0.25) is 0 Å². The maximum Gasteiger partial charge on any atom is 0.127 e. The Kier molecular flexibility index (Phi) is 4.62. The molecule has 1 fully saturated rings. The van der Waals surface area contributed by atoms with E-state index in [0.717, 1.165) is 29.7 Å². The Morgan fingerprint density at radius 2 is 2.00 bits per heavy atom. The van der Waals surface area contributed by atoms with E-state index in [1.54, 1.807) is 6.07 Å². The Morgan fingerprint density at radius 3 is 2.63 bits per heavy atom. The van der Waals surface area contributed by atoms with Crippen molar-refractivity contribution in [1.82, 2.24) is 5.32 Å². The molecule has 0 heterocycles. The molecule has 1 aliphatic rings.